The van der Waals surface area contributed by atoms with Gasteiger partial charge in [0.25, 0.3) is 0 Å². The molecule has 0 aliphatic heterocycles. The molecule has 0 spiro atoms. The van der Waals surface area contributed by atoms with Crippen LogP contribution in [0.2, 0.25) is 5.02 Å². The van der Waals surface area contributed by atoms with Crippen molar-refractivity contribution in [2.45, 2.75) is 6.42 Å². The molecular formula is C17H11ClF2N2O2. The second-order valence-corrected chi connectivity index (χ2v) is 5.48. The maximum atomic E-state index is 13.1. The summed E-state index contributed by atoms with van der Waals surface area (Å²) < 4.78 is 31.2. The van der Waals surface area contributed by atoms with E-state index < -0.39 is 17.5 Å². The fourth-order valence-corrected chi connectivity index (χ4v) is 2.21. The van der Waals surface area contributed by atoms with Crippen LogP contribution >= 0.6 is 11.6 Å². The first-order valence-corrected chi connectivity index (χ1v) is 7.35. The Kier molecular flexibility index (Phi) is 4.57. The van der Waals surface area contributed by atoms with Crippen LogP contribution in [0.4, 0.5) is 14.5 Å². The van der Waals surface area contributed by atoms with E-state index in [4.69, 9.17) is 16.1 Å². The molecule has 0 aliphatic rings. The van der Waals surface area contributed by atoms with E-state index in [1.165, 1.54) is 6.07 Å². The van der Waals surface area contributed by atoms with Crippen LogP contribution in [-0.2, 0) is 11.2 Å². The number of amides is 1. The van der Waals surface area contributed by atoms with Gasteiger partial charge in [0.2, 0.25) is 5.91 Å². The van der Waals surface area contributed by atoms with Gasteiger partial charge >= 0.3 is 0 Å². The Morgan fingerprint density at radius 2 is 1.83 bits per heavy atom. The topological polar surface area (TPSA) is 55.1 Å². The monoisotopic (exact) mass is 348 g/mol. The molecular weight excluding hydrogens is 338 g/mol. The summed E-state index contributed by atoms with van der Waals surface area (Å²) in [6.45, 7) is 0. The minimum absolute atomic E-state index is 0.0594. The Hall–Kier alpha value is -2.73. The normalized spacial score (nSPS) is 10.6. The van der Waals surface area contributed by atoms with E-state index >= 15 is 0 Å². The zero-order valence-electron chi connectivity index (χ0n) is 12.2. The molecule has 1 amide bonds. The van der Waals surface area contributed by atoms with Crippen LogP contribution in [0.15, 0.2) is 53.1 Å². The Bertz CT molecular complexity index is 879. The maximum Gasteiger partial charge on any atom is 0.230 e. The fourth-order valence-electron chi connectivity index (χ4n) is 2.09. The van der Waals surface area contributed by atoms with Crippen LogP contribution in [0.5, 0.6) is 0 Å². The van der Waals surface area contributed by atoms with Gasteiger partial charge in [-0.15, -0.1) is 0 Å². The van der Waals surface area contributed by atoms with Crippen molar-refractivity contribution < 1.29 is 18.1 Å². The number of hydrogen-bond donors (Lipinski definition) is 1. The third-order valence-electron chi connectivity index (χ3n) is 3.23. The third-order valence-corrected chi connectivity index (χ3v) is 3.48. The lowest BCUT2D eigenvalue weighted by Crippen LogP contribution is -2.14. The average molecular weight is 349 g/mol. The summed E-state index contributed by atoms with van der Waals surface area (Å²) >= 11 is 5.82. The van der Waals surface area contributed by atoms with E-state index in [1.807, 2.05) is 0 Å². The van der Waals surface area contributed by atoms with Gasteiger partial charge in [-0.1, -0.05) is 16.8 Å². The van der Waals surface area contributed by atoms with Crippen molar-refractivity contribution in [3.63, 3.8) is 0 Å². The quantitative estimate of drug-likeness (QED) is 0.757. The SMILES string of the molecule is O=C(Cc1cc(-c2ccc(Cl)cc2)on1)Nc1ccc(F)c(F)c1. The number of nitrogens with one attached hydrogen (secondary N) is 1. The van der Waals surface area contributed by atoms with Gasteiger partial charge in [0.05, 0.1) is 12.1 Å². The predicted molar refractivity (Wildman–Crippen MR) is 85.6 cm³/mol. The van der Waals surface area contributed by atoms with Crippen LogP contribution in [0.25, 0.3) is 11.3 Å². The van der Waals surface area contributed by atoms with E-state index in [0.29, 0.717) is 16.5 Å². The Labute approximate surface area is 141 Å². The van der Waals surface area contributed by atoms with Gasteiger partial charge in [-0.2, -0.15) is 0 Å². The molecule has 0 unspecified atom stereocenters. The van der Waals surface area contributed by atoms with Crippen LogP contribution in [-0.4, -0.2) is 11.1 Å². The number of halogens is 3. The Balaban J connectivity index is 1.66. The van der Waals surface area contributed by atoms with E-state index in [9.17, 15) is 13.6 Å². The van der Waals surface area contributed by atoms with Gasteiger partial charge in [-0.3, -0.25) is 4.79 Å². The molecule has 0 saturated carbocycles. The van der Waals surface area contributed by atoms with Crippen molar-refractivity contribution >= 4 is 23.2 Å². The first-order valence-electron chi connectivity index (χ1n) is 6.98. The van der Waals surface area contributed by atoms with Crippen LogP contribution in [0, 0.1) is 11.6 Å². The van der Waals surface area contributed by atoms with Crippen LogP contribution in [0.1, 0.15) is 5.69 Å². The fraction of sp³-hybridized carbons (Fsp3) is 0.0588. The second-order valence-electron chi connectivity index (χ2n) is 5.04. The molecule has 0 atom stereocenters. The lowest BCUT2D eigenvalue weighted by atomic mass is 10.1. The van der Waals surface area contributed by atoms with E-state index in [1.54, 1.807) is 30.3 Å². The van der Waals surface area contributed by atoms with Gasteiger partial charge in [-0.25, -0.2) is 8.78 Å². The predicted octanol–water partition coefficient (Wildman–Crippen LogP) is 4.45. The molecule has 7 heteroatoms. The van der Waals surface area contributed by atoms with E-state index in [2.05, 4.69) is 10.5 Å². The maximum absolute atomic E-state index is 13.1. The molecule has 0 bridgehead atoms. The molecule has 1 N–H and O–H groups in total. The summed E-state index contributed by atoms with van der Waals surface area (Å²) in [4.78, 5) is 11.9. The summed E-state index contributed by atoms with van der Waals surface area (Å²) in [6, 6.07) is 11.7. The number of carbonyl (C=O) groups is 1. The number of hydrogen-bond acceptors (Lipinski definition) is 3. The molecule has 24 heavy (non-hydrogen) atoms. The van der Waals surface area contributed by atoms with Gasteiger partial charge in [-0.05, 0) is 36.4 Å². The van der Waals surface area contributed by atoms with E-state index in [-0.39, 0.29) is 12.1 Å². The van der Waals surface area contributed by atoms with Gasteiger partial charge in [0.15, 0.2) is 17.4 Å². The van der Waals surface area contributed by atoms with Crippen molar-refractivity contribution in [2.24, 2.45) is 0 Å². The molecule has 3 aromatic rings. The third kappa shape index (κ3) is 3.78. The summed E-state index contributed by atoms with van der Waals surface area (Å²) in [5.41, 5.74) is 1.36. The number of nitrogens with zero attached hydrogens (tertiary/aromatic N) is 1. The zero-order chi connectivity index (χ0) is 17.1. The molecule has 0 radical (unpaired) electrons. The molecule has 3 rings (SSSR count). The van der Waals surface area contributed by atoms with Crippen molar-refractivity contribution in [1.29, 1.82) is 0 Å². The molecule has 0 saturated heterocycles. The van der Waals surface area contributed by atoms with Crippen LogP contribution in [0.3, 0.4) is 0 Å². The highest BCUT2D eigenvalue weighted by atomic mass is 35.5. The number of carbonyl (C=O) groups excluding carboxylic acids is 1. The second kappa shape index (κ2) is 6.80. The summed E-state index contributed by atoms with van der Waals surface area (Å²) in [5.74, 6) is -1.92. The zero-order valence-corrected chi connectivity index (χ0v) is 13.0. The highest BCUT2D eigenvalue weighted by molar-refractivity contribution is 6.30. The van der Waals surface area contributed by atoms with Crippen molar-refractivity contribution in [3.8, 4) is 11.3 Å². The molecule has 4 nitrogen and oxygen atoms in total. The smallest absolute Gasteiger partial charge is 0.230 e. The van der Waals surface area contributed by atoms with Crippen molar-refractivity contribution in [1.82, 2.24) is 5.16 Å². The highest BCUT2D eigenvalue weighted by Crippen LogP contribution is 2.22. The first-order chi connectivity index (χ1) is 11.5. The van der Waals surface area contributed by atoms with Crippen molar-refractivity contribution in [2.75, 3.05) is 5.32 Å². The number of anilines is 1. The highest BCUT2D eigenvalue weighted by Gasteiger charge is 2.12. The Morgan fingerprint density at radius 1 is 1.08 bits per heavy atom. The largest absolute Gasteiger partial charge is 0.356 e. The van der Waals surface area contributed by atoms with Gasteiger partial charge in [0, 0.05) is 28.4 Å². The summed E-state index contributed by atoms with van der Waals surface area (Å²) in [7, 11) is 0. The number of benzene rings is 2. The lowest BCUT2D eigenvalue weighted by molar-refractivity contribution is -0.115. The average Bonchev–Trinajstić information content (AvgIpc) is 3.00. The minimum atomic E-state index is -1.03. The molecule has 2 aromatic carbocycles. The minimum Gasteiger partial charge on any atom is -0.356 e. The summed E-state index contributed by atoms with van der Waals surface area (Å²) in [5, 5.41) is 6.90. The first kappa shape index (κ1) is 16.1. The summed E-state index contributed by atoms with van der Waals surface area (Å²) in [6.07, 6.45) is -0.0594. The standard InChI is InChI=1S/C17H11ClF2N2O2/c18-11-3-1-10(2-4-11)16-8-13(22-24-16)9-17(23)21-12-5-6-14(19)15(20)7-12/h1-8H,9H2,(H,21,23). The molecule has 1 heterocycles. The van der Waals surface area contributed by atoms with E-state index in [0.717, 1.165) is 17.7 Å². The molecule has 0 aliphatic carbocycles. The lowest BCUT2D eigenvalue weighted by Gasteiger charge is -2.04. The number of rotatable bonds is 4. The Morgan fingerprint density at radius 3 is 2.54 bits per heavy atom. The number of aromatic nitrogens is 1. The van der Waals surface area contributed by atoms with Gasteiger partial charge < -0.3 is 9.84 Å². The van der Waals surface area contributed by atoms with Gasteiger partial charge in [0.1, 0.15) is 0 Å². The molecule has 122 valence electrons. The van der Waals surface area contributed by atoms with Crippen LogP contribution < -0.4 is 5.32 Å². The molecule has 1 aromatic heterocycles. The van der Waals surface area contributed by atoms with Crippen molar-refractivity contribution in [3.05, 3.63) is 70.9 Å². The molecule has 0 fully saturated rings.